The molecule has 1 N–H and O–H groups in total. The highest BCUT2D eigenvalue weighted by Gasteiger charge is 2.50. The Labute approximate surface area is 92.4 Å². The van der Waals surface area contributed by atoms with E-state index >= 15 is 0 Å². The lowest BCUT2D eigenvalue weighted by atomic mass is 9.65. The molecule has 0 radical (unpaired) electrons. The minimum Gasteiger partial charge on any atom is -0.381 e. The Hall–Kier alpha value is -0.130. The monoisotopic (exact) mass is 235 g/mol. The topological polar surface area (TPSA) is 55.4 Å². The van der Waals surface area contributed by atoms with Crippen molar-refractivity contribution in [3.63, 3.8) is 0 Å². The third-order valence-corrected chi connectivity index (χ3v) is 5.24. The molecule has 0 aromatic heterocycles. The molecule has 0 aliphatic heterocycles. The molecule has 0 saturated heterocycles. The first-order valence-electron chi connectivity index (χ1n) is 5.25. The SMILES string of the molecule is COC1CC(NS(=O)(=O)C(C)C)C1(C)C. The van der Waals surface area contributed by atoms with Gasteiger partial charge in [-0.3, -0.25) is 0 Å². The molecule has 0 amide bonds. The van der Waals surface area contributed by atoms with E-state index in [-0.39, 0.29) is 22.8 Å². The van der Waals surface area contributed by atoms with Gasteiger partial charge >= 0.3 is 0 Å². The van der Waals surface area contributed by atoms with Gasteiger partial charge in [-0.1, -0.05) is 13.8 Å². The van der Waals surface area contributed by atoms with E-state index in [2.05, 4.69) is 4.72 Å². The summed E-state index contributed by atoms with van der Waals surface area (Å²) in [4.78, 5) is 0. The Morgan fingerprint density at radius 1 is 1.40 bits per heavy atom. The first kappa shape index (κ1) is 12.9. The zero-order chi connectivity index (χ0) is 11.9. The van der Waals surface area contributed by atoms with E-state index in [1.165, 1.54) is 0 Å². The Morgan fingerprint density at radius 3 is 2.27 bits per heavy atom. The van der Waals surface area contributed by atoms with Crippen LogP contribution in [0.3, 0.4) is 0 Å². The van der Waals surface area contributed by atoms with E-state index in [0.29, 0.717) is 0 Å². The molecule has 4 nitrogen and oxygen atoms in total. The van der Waals surface area contributed by atoms with Gasteiger partial charge in [0.05, 0.1) is 11.4 Å². The average Bonchev–Trinajstić information content (AvgIpc) is 2.11. The first-order valence-corrected chi connectivity index (χ1v) is 6.80. The molecule has 1 rings (SSSR count). The molecule has 0 heterocycles. The van der Waals surface area contributed by atoms with Crippen LogP contribution in [-0.4, -0.2) is 32.9 Å². The normalized spacial score (nSPS) is 30.3. The van der Waals surface area contributed by atoms with Gasteiger partial charge in [0.2, 0.25) is 10.0 Å². The van der Waals surface area contributed by atoms with E-state index in [0.717, 1.165) is 6.42 Å². The van der Waals surface area contributed by atoms with Gasteiger partial charge in [-0.15, -0.1) is 0 Å². The minimum absolute atomic E-state index is 0.00477. The molecule has 1 aliphatic carbocycles. The molecule has 1 saturated carbocycles. The maximum Gasteiger partial charge on any atom is 0.214 e. The predicted octanol–water partition coefficient (Wildman–Crippen LogP) is 1.13. The fourth-order valence-electron chi connectivity index (χ4n) is 1.82. The minimum atomic E-state index is -3.17. The van der Waals surface area contributed by atoms with Crippen LogP contribution < -0.4 is 4.72 Å². The maximum atomic E-state index is 11.7. The van der Waals surface area contributed by atoms with Gasteiger partial charge in [-0.25, -0.2) is 13.1 Å². The lowest BCUT2D eigenvalue weighted by Gasteiger charge is -2.51. The van der Waals surface area contributed by atoms with Gasteiger partial charge in [0.15, 0.2) is 0 Å². The van der Waals surface area contributed by atoms with Crippen LogP contribution in [-0.2, 0) is 14.8 Å². The summed E-state index contributed by atoms with van der Waals surface area (Å²) in [5.41, 5.74) is -0.114. The Kier molecular flexibility index (Phi) is 3.48. The first-order chi connectivity index (χ1) is 6.71. The zero-order valence-electron chi connectivity index (χ0n) is 10.1. The number of ether oxygens (including phenoxy) is 1. The molecule has 0 aromatic rings. The molecule has 0 bridgehead atoms. The van der Waals surface area contributed by atoms with Crippen molar-refractivity contribution in [2.24, 2.45) is 5.41 Å². The standard InChI is InChI=1S/C10H21NO3S/c1-7(2)15(12,13)11-8-6-9(14-5)10(8,3)4/h7-9,11H,6H2,1-5H3. The fourth-order valence-corrected chi connectivity index (χ4v) is 2.89. The molecular formula is C10H21NO3S. The molecule has 2 unspecified atom stereocenters. The third-order valence-electron chi connectivity index (χ3n) is 3.39. The second-order valence-electron chi connectivity index (χ2n) is 5.05. The molecule has 0 aromatic carbocycles. The van der Waals surface area contributed by atoms with Crippen molar-refractivity contribution in [2.45, 2.75) is 51.5 Å². The van der Waals surface area contributed by atoms with E-state index in [1.54, 1.807) is 21.0 Å². The third kappa shape index (κ3) is 2.34. The average molecular weight is 235 g/mol. The van der Waals surface area contributed by atoms with E-state index in [9.17, 15) is 8.42 Å². The maximum absolute atomic E-state index is 11.7. The van der Waals surface area contributed by atoms with Crippen LogP contribution in [0, 0.1) is 5.41 Å². The van der Waals surface area contributed by atoms with Crippen molar-refractivity contribution in [1.82, 2.24) is 4.72 Å². The molecule has 90 valence electrons. The summed E-state index contributed by atoms with van der Waals surface area (Å²) in [5.74, 6) is 0. The van der Waals surface area contributed by atoms with E-state index in [4.69, 9.17) is 4.74 Å². The highest BCUT2D eigenvalue weighted by molar-refractivity contribution is 7.90. The summed E-state index contributed by atoms with van der Waals surface area (Å²) in [6.45, 7) is 7.42. The van der Waals surface area contributed by atoms with Crippen LogP contribution in [0.25, 0.3) is 0 Å². The van der Waals surface area contributed by atoms with Crippen molar-refractivity contribution in [3.05, 3.63) is 0 Å². The summed E-state index contributed by atoms with van der Waals surface area (Å²) in [7, 11) is -1.50. The van der Waals surface area contributed by atoms with Crippen molar-refractivity contribution in [2.75, 3.05) is 7.11 Å². The number of rotatable bonds is 4. The smallest absolute Gasteiger partial charge is 0.214 e. The second-order valence-corrected chi connectivity index (χ2v) is 7.31. The summed E-state index contributed by atoms with van der Waals surface area (Å²) >= 11 is 0. The van der Waals surface area contributed by atoms with Crippen LogP contribution in [0.2, 0.25) is 0 Å². The van der Waals surface area contributed by atoms with Gasteiger partial charge in [0.25, 0.3) is 0 Å². The van der Waals surface area contributed by atoms with Crippen molar-refractivity contribution in [1.29, 1.82) is 0 Å². The second kappa shape index (κ2) is 4.03. The molecule has 5 heteroatoms. The van der Waals surface area contributed by atoms with Gasteiger partial charge in [-0.2, -0.15) is 0 Å². The predicted molar refractivity (Wildman–Crippen MR) is 60.2 cm³/mol. The van der Waals surface area contributed by atoms with Crippen LogP contribution in [0.15, 0.2) is 0 Å². The van der Waals surface area contributed by atoms with Crippen LogP contribution in [0.5, 0.6) is 0 Å². The largest absolute Gasteiger partial charge is 0.381 e. The van der Waals surface area contributed by atoms with Crippen molar-refractivity contribution < 1.29 is 13.2 Å². The van der Waals surface area contributed by atoms with Gasteiger partial charge in [0.1, 0.15) is 0 Å². The highest BCUT2D eigenvalue weighted by Crippen LogP contribution is 2.42. The lowest BCUT2D eigenvalue weighted by molar-refractivity contribution is -0.0909. The Morgan fingerprint density at radius 2 is 1.93 bits per heavy atom. The number of hydrogen-bond acceptors (Lipinski definition) is 3. The molecule has 1 aliphatic rings. The Bertz CT molecular complexity index is 322. The fraction of sp³-hybridized carbons (Fsp3) is 1.00. The van der Waals surface area contributed by atoms with Crippen LogP contribution >= 0.6 is 0 Å². The molecule has 0 spiro atoms. The van der Waals surface area contributed by atoms with E-state index in [1.807, 2.05) is 13.8 Å². The number of nitrogens with one attached hydrogen (secondary N) is 1. The summed E-state index contributed by atoms with van der Waals surface area (Å²) in [6.07, 6.45) is 0.910. The lowest BCUT2D eigenvalue weighted by Crippen LogP contribution is -2.62. The van der Waals surface area contributed by atoms with E-state index < -0.39 is 10.0 Å². The molecule has 2 atom stereocenters. The van der Waals surface area contributed by atoms with Gasteiger partial charge < -0.3 is 4.74 Å². The Balaban J connectivity index is 2.65. The number of sulfonamides is 1. The van der Waals surface area contributed by atoms with Gasteiger partial charge in [0, 0.05) is 18.6 Å². The van der Waals surface area contributed by atoms with Crippen molar-refractivity contribution >= 4 is 10.0 Å². The summed E-state index contributed by atoms with van der Waals surface area (Å²) in [5, 5.41) is -0.380. The summed E-state index contributed by atoms with van der Waals surface area (Å²) in [6, 6.07) is -0.00477. The van der Waals surface area contributed by atoms with Gasteiger partial charge in [-0.05, 0) is 20.3 Å². The summed E-state index contributed by atoms with van der Waals surface area (Å²) < 4.78 is 31.3. The zero-order valence-corrected chi connectivity index (χ0v) is 10.9. The quantitative estimate of drug-likeness (QED) is 0.794. The highest BCUT2D eigenvalue weighted by atomic mass is 32.2. The number of methoxy groups -OCH3 is 1. The van der Waals surface area contributed by atoms with Crippen molar-refractivity contribution in [3.8, 4) is 0 Å². The van der Waals surface area contributed by atoms with Crippen LogP contribution in [0.4, 0.5) is 0 Å². The van der Waals surface area contributed by atoms with Crippen LogP contribution in [0.1, 0.15) is 34.1 Å². The molecule has 1 fully saturated rings. The molecule has 15 heavy (non-hydrogen) atoms. The number of hydrogen-bond donors (Lipinski definition) is 1. The molecular weight excluding hydrogens is 214 g/mol.